The lowest BCUT2D eigenvalue weighted by atomic mass is 10.2. The average molecular weight is 327 g/mol. The molecule has 1 rings (SSSR count). The number of hydrogen-bond donors (Lipinski definition) is 1. The Balaban J connectivity index is 2.45. The van der Waals surface area contributed by atoms with E-state index in [-0.39, 0.29) is 0 Å². The van der Waals surface area contributed by atoms with Gasteiger partial charge in [-0.15, -0.1) is 0 Å². The van der Waals surface area contributed by atoms with E-state index in [1.807, 2.05) is 0 Å². The summed E-state index contributed by atoms with van der Waals surface area (Å²) in [6, 6.07) is 0. The first-order valence-electron chi connectivity index (χ1n) is 6.50. The molecule has 5 nitrogen and oxygen atoms in total. The highest BCUT2D eigenvalue weighted by Gasteiger charge is 2.35. The van der Waals surface area contributed by atoms with Gasteiger partial charge in [0, 0.05) is 5.75 Å². The van der Waals surface area contributed by atoms with E-state index in [9.17, 15) is 12.6 Å². The quantitative estimate of drug-likeness (QED) is 0.725. The van der Waals surface area contributed by atoms with Gasteiger partial charge in [-0.3, -0.25) is 9.63 Å². The molecule has 1 aliphatic heterocycles. The maximum atomic E-state index is 12.0. The summed E-state index contributed by atoms with van der Waals surface area (Å²) < 4.78 is 35.5. The summed E-state index contributed by atoms with van der Waals surface area (Å²) in [5.74, 6) is 0.557. The van der Waals surface area contributed by atoms with Crippen molar-refractivity contribution < 1.29 is 12.6 Å². The van der Waals surface area contributed by atoms with Gasteiger partial charge in [-0.1, -0.05) is 37.9 Å². The number of rotatable bonds is 7. The highest BCUT2D eigenvalue weighted by Crippen LogP contribution is 2.26. The Labute approximate surface area is 122 Å². The molecule has 0 aromatic heterocycles. The zero-order chi connectivity index (χ0) is 14.5. The van der Waals surface area contributed by atoms with Crippen LogP contribution in [-0.4, -0.2) is 32.7 Å². The predicted molar refractivity (Wildman–Crippen MR) is 83.2 cm³/mol. The number of nitrogens with one attached hydrogen (secondary N) is 1. The largest absolute Gasteiger partial charge is 0.280 e. The molecule has 0 fully saturated rings. The third kappa shape index (κ3) is 4.75. The van der Waals surface area contributed by atoms with Crippen LogP contribution in [0.4, 0.5) is 0 Å². The minimum absolute atomic E-state index is 0.408. The topological polar surface area (TPSA) is 75.6 Å². The molecule has 19 heavy (non-hydrogen) atoms. The van der Waals surface area contributed by atoms with Crippen LogP contribution in [0.25, 0.3) is 0 Å². The standard InChI is InChI=1S/C11H22N2O3S3/c1-4-5-6-7-8-18(14)10-12-13-11(17-10)19(15,16)9(2)3/h9,11,13H,4-8H2,1-3H3. The molecule has 0 spiro atoms. The van der Waals surface area contributed by atoms with Crippen molar-refractivity contribution >= 4 is 36.8 Å². The van der Waals surface area contributed by atoms with Gasteiger partial charge in [0.15, 0.2) is 18.9 Å². The summed E-state index contributed by atoms with van der Waals surface area (Å²) in [5.41, 5.74) is 2.58. The Hall–Kier alpha value is -0.0800. The van der Waals surface area contributed by atoms with E-state index in [0.717, 1.165) is 37.4 Å². The first kappa shape index (κ1) is 17.0. The smallest absolute Gasteiger partial charge is 0.197 e. The SMILES string of the molecule is CCCCCCS(=O)C1=NNC(S(=O)(=O)C(C)C)S1. The van der Waals surface area contributed by atoms with Gasteiger partial charge in [0.25, 0.3) is 0 Å². The number of hydrazone groups is 1. The molecule has 2 atom stereocenters. The molecule has 1 N–H and O–H groups in total. The first-order valence-corrected chi connectivity index (χ1v) is 10.3. The van der Waals surface area contributed by atoms with Gasteiger partial charge in [0.05, 0.1) is 16.0 Å². The van der Waals surface area contributed by atoms with E-state index in [0.29, 0.717) is 10.1 Å². The Morgan fingerprint density at radius 1 is 1.37 bits per heavy atom. The van der Waals surface area contributed by atoms with Gasteiger partial charge in [-0.2, -0.15) is 5.10 Å². The summed E-state index contributed by atoms with van der Waals surface area (Å²) in [6.07, 6.45) is 4.22. The second kappa shape index (κ2) is 7.64. The molecule has 112 valence electrons. The van der Waals surface area contributed by atoms with Crippen LogP contribution in [0.2, 0.25) is 0 Å². The van der Waals surface area contributed by atoms with Crippen LogP contribution in [0.3, 0.4) is 0 Å². The maximum Gasteiger partial charge on any atom is 0.197 e. The minimum atomic E-state index is -3.27. The van der Waals surface area contributed by atoms with Gasteiger partial charge >= 0.3 is 0 Å². The van der Waals surface area contributed by atoms with Crippen molar-refractivity contribution in [3.63, 3.8) is 0 Å². The van der Waals surface area contributed by atoms with Crippen LogP contribution in [0, 0.1) is 0 Å². The fourth-order valence-electron chi connectivity index (χ4n) is 1.49. The Kier molecular flexibility index (Phi) is 6.82. The van der Waals surface area contributed by atoms with Crippen LogP contribution in [-0.2, 0) is 20.6 Å². The van der Waals surface area contributed by atoms with Crippen molar-refractivity contribution in [3.05, 3.63) is 0 Å². The molecule has 0 bridgehead atoms. The third-order valence-corrected chi connectivity index (χ3v) is 8.51. The van der Waals surface area contributed by atoms with E-state index in [2.05, 4.69) is 17.5 Å². The highest BCUT2D eigenvalue weighted by molar-refractivity contribution is 8.37. The molecule has 0 saturated carbocycles. The lowest BCUT2D eigenvalue weighted by Gasteiger charge is -2.13. The predicted octanol–water partition coefficient (Wildman–Crippen LogP) is 2.03. The number of unbranched alkanes of at least 4 members (excludes halogenated alkanes) is 3. The molecule has 1 heterocycles. The molecule has 0 aliphatic carbocycles. The van der Waals surface area contributed by atoms with Crippen molar-refractivity contribution in [1.82, 2.24) is 5.43 Å². The fourth-order valence-corrected chi connectivity index (χ4v) is 6.00. The Bertz CT molecular complexity index is 446. The molecular weight excluding hydrogens is 304 g/mol. The van der Waals surface area contributed by atoms with E-state index in [4.69, 9.17) is 0 Å². The first-order chi connectivity index (χ1) is 8.89. The number of nitrogens with zero attached hydrogens (tertiary/aromatic N) is 1. The summed E-state index contributed by atoms with van der Waals surface area (Å²) in [6.45, 7) is 5.40. The zero-order valence-electron chi connectivity index (χ0n) is 11.6. The van der Waals surface area contributed by atoms with Crippen LogP contribution in [0.1, 0.15) is 46.5 Å². The molecule has 2 unspecified atom stereocenters. The van der Waals surface area contributed by atoms with Gasteiger partial charge in [-0.05, 0) is 20.3 Å². The molecule has 0 saturated heterocycles. The van der Waals surface area contributed by atoms with Crippen molar-refractivity contribution in [1.29, 1.82) is 0 Å². The molecule has 0 aromatic carbocycles. The fraction of sp³-hybridized carbons (Fsp3) is 0.909. The van der Waals surface area contributed by atoms with Gasteiger partial charge in [0.2, 0.25) is 0 Å². The summed E-state index contributed by atoms with van der Waals surface area (Å²) in [5, 5.41) is 3.45. The van der Waals surface area contributed by atoms with E-state index in [1.54, 1.807) is 13.8 Å². The number of sulfone groups is 1. The van der Waals surface area contributed by atoms with Gasteiger partial charge < -0.3 is 0 Å². The monoisotopic (exact) mass is 326 g/mol. The summed E-state index contributed by atoms with van der Waals surface area (Å²) in [7, 11) is -4.45. The third-order valence-electron chi connectivity index (χ3n) is 2.80. The number of thioether (sulfide) groups is 1. The van der Waals surface area contributed by atoms with Gasteiger partial charge in [0.1, 0.15) is 0 Å². The van der Waals surface area contributed by atoms with Crippen molar-refractivity contribution in [2.45, 2.75) is 56.4 Å². The Morgan fingerprint density at radius 3 is 2.63 bits per heavy atom. The maximum absolute atomic E-state index is 12.0. The lowest BCUT2D eigenvalue weighted by Crippen LogP contribution is -2.32. The van der Waals surface area contributed by atoms with Crippen LogP contribution >= 0.6 is 11.8 Å². The number of hydrogen-bond acceptors (Lipinski definition) is 6. The Morgan fingerprint density at radius 2 is 2.05 bits per heavy atom. The molecule has 0 aromatic rings. The van der Waals surface area contributed by atoms with E-state index in [1.165, 1.54) is 0 Å². The van der Waals surface area contributed by atoms with E-state index < -0.39 is 30.6 Å². The zero-order valence-corrected chi connectivity index (χ0v) is 14.0. The molecule has 0 amide bonds. The highest BCUT2D eigenvalue weighted by atomic mass is 32.3. The minimum Gasteiger partial charge on any atom is -0.280 e. The molecule has 1 aliphatic rings. The average Bonchev–Trinajstić information content (AvgIpc) is 2.84. The second-order valence-electron chi connectivity index (χ2n) is 4.70. The van der Waals surface area contributed by atoms with Crippen molar-refractivity contribution in [3.8, 4) is 0 Å². The van der Waals surface area contributed by atoms with Crippen LogP contribution in [0.5, 0.6) is 0 Å². The van der Waals surface area contributed by atoms with Crippen LogP contribution < -0.4 is 5.43 Å². The summed E-state index contributed by atoms with van der Waals surface area (Å²) in [4.78, 5) is 0. The van der Waals surface area contributed by atoms with Gasteiger partial charge in [-0.25, -0.2) is 8.42 Å². The lowest BCUT2D eigenvalue weighted by molar-refractivity contribution is 0.576. The van der Waals surface area contributed by atoms with Crippen LogP contribution in [0.15, 0.2) is 5.10 Å². The van der Waals surface area contributed by atoms with E-state index >= 15 is 0 Å². The molecular formula is C11H22N2O3S3. The normalized spacial score (nSPS) is 21.3. The van der Waals surface area contributed by atoms with Crippen molar-refractivity contribution in [2.75, 3.05) is 5.75 Å². The second-order valence-corrected chi connectivity index (χ2v) is 10.4. The molecule has 8 heteroatoms. The van der Waals surface area contributed by atoms with Crippen molar-refractivity contribution in [2.24, 2.45) is 5.10 Å². The molecule has 0 radical (unpaired) electrons. The summed E-state index contributed by atoms with van der Waals surface area (Å²) >= 11 is 1.07.